The molecule has 0 saturated heterocycles. The van der Waals surface area contributed by atoms with Gasteiger partial charge in [0.2, 0.25) is 11.8 Å². The SMILES string of the molecule is NCCCC[C@H](NC(=O)CCS)C(N)=O. The summed E-state index contributed by atoms with van der Waals surface area (Å²) in [5, 5.41) is 2.57. The van der Waals surface area contributed by atoms with Crippen LogP contribution in [0.25, 0.3) is 0 Å². The maximum Gasteiger partial charge on any atom is 0.239 e. The van der Waals surface area contributed by atoms with Crippen LogP contribution in [-0.4, -0.2) is 30.2 Å². The lowest BCUT2D eigenvalue weighted by atomic mass is 10.1. The number of hydrogen-bond donors (Lipinski definition) is 4. The average molecular weight is 233 g/mol. The van der Waals surface area contributed by atoms with Crippen molar-refractivity contribution in [2.45, 2.75) is 31.7 Å². The fraction of sp³-hybridized carbons (Fsp3) is 0.778. The summed E-state index contributed by atoms with van der Waals surface area (Å²) in [5.41, 5.74) is 10.5. The number of primary amides is 1. The number of nitrogens with two attached hydrogens (primary N) is 2. The van der Waals surface area contributed by atoms with E-state index in [-0.39, 0.29) is 5.91 Å². The van der Waals surface area contributed by atoms with E-state index in [0.29, 0.717) is 25.1 Å². The Morgan fingerprint density at radius 1 is 1.33 bits per heavy atom. The van der Waals surface area contributed by atoms with E-state index in [4.69, 9.17) is 11.5 Å². The molecule has 0 aliphatic rings. The van der Waals surface area contributed by atoms with Gasteiger partial charge in [-0.15, -0.1) is 0 Å². The van der Waals surface area contributed by atoms with Crippen molar-refractivity contribution >= 4 is 24.4 Å². The molecule has 0 unspecified atom stereocenters. The third kappa shape index (κ3) is 7.21. The van der Waals surface area contributed by atoms with Crippen molar-refractivity contribution in [1.29, 1.82) is 0 Å². The Morgan fingerprint density at radius 2 is 2.00 bits per heavy atom. The van der Waals surface area contributed by atoms with Crippen molar-refractivity contribution in [2.24, 2.45) is 11.5 Å². The quantitative estimate of drug-likeness (QED) is 0.333. The van der Waals surface area contributed by atoms with Crippen LogP contribution in [0.1, 0.15) is 25.7 Å². The largest absolute Gasteiger partial charge is 0.368 e. The van der Waals surface area contributed by atoms with Gasteiger partial charge in [0.15, 0.2) is 0 Å². The highest BCUT2D eigenvalue weighted by molar-refractivity contribution is 7.80. The number of rotatable bonds is 8. The van der Waals surface area contributed by atoms with Crippen molar-refractivity contribution in [3.63, 3.8) is 0 Å². The predicted octanol–water partition coefficient (Wildman–Crippen LogP) is -0.595. The number of thiol groups is 1. The summed E-state index contributed by atoms with van der Waals surface area (Å²) >= 11 is 3.93. The topological polar surface area (TPSA) is 98.2 Å². The Morgan fingerprint density at radius 3 is 2.47 bits per heavy atom. The minimum absolute atomic E-state index is 0.193. The van der Waals surface area contributed by atoms with Gasteiger partial charge in [0, 0.05) is 6.42 Å². The summed E-state index contributed by atoms with van der Waals surface area (Å²) < 4.78 is 0. The van der Waals surface area contributed by atoms with Crippen molar-refractivity contribution in [3.05, 3.63) is 0 Å². The van der Waals surface area contributed by atoms with E-state index in [2.05, 4.69) is 17.9 Å². The summed E-state index contributed by atoms with van der Waals surface area (Å²) in [4.78, 5) is 22.2. The fourth-order valence-electron chi connectivity index (χ4n) is 1.15. The molecule has 0 aromatic carbocycles. The summed E-state index contributed by atoms with van der Waals surface area (Å²) in [6.07, 6.45) is 2.45. The number of hydrogen-bond acceptors (Lipinski definition) is 4. The lowest BCUT2D eigenvalue weighted by Crippen LogP contribution is -2.44. The van der Waals surface area contributed by atoms with Gasteiger partial charge in [0.25, 0.3) is 0 Å². The van der Waals surface area contributed by atoms with Crippen molar-refractivity contribution in [2.75, 3.05) is 12.3 Å². The first-order valence-corrected chi connectivity index (χ1v) is 5.64. The molecule has 0 aliphatic carbocycles. The van der Waals surface area contributed by atoms with Gasteiger partial charge >= 0.3 is 0 Å². The maximum atomic E-state index is 11.2. The highest BCUT2D eigenvalue weighted by Crippen LogP contribution is 2.00. The van der Waals surface area contributed by atoms with Crippen molar-refractivity contribution < 1.29 is 9.59 Å². The molecule has 0 rings (SSSR count). The molecule has 0 aromatic rings. The molecule has 88 valence electrons. The third-order valence-electron chi connectivity index (χ3n) is 1.96. The first-order chi connectivity index (χ1) is 7.11. The molecule has 5 nitrogen and oxygen atoms in total. The molecule has 0 fully saturated rings. The molecule has 1 atom stereocenters. The molecule has 0 bridgehead atoms. The number of nitrogens with one attached hydrogen (secondary N) is 1. The van der Waals surface area contributed by atoms with E-state index in [1.807, 2.05) is 0 Å². The minimum Gasteiger partial charge on any atom is -0.368 e. The first-order valence-electron chi connectivity index (χ1n) is 5.01. The van der Waals surface area contributed by atoms with Crippen LogP contribution in [0.4, 0.5) is 0 Å². The van der Waals surface area contributed by atoms with Gasteiger partial charge in [0.1, 0.15) is 6.04 Å². The van der Waals surface area contributed by atoms with E-state index in [1.165, 1.54) is 0 Å². The minimum atomic E-state index is -0.580. The molecule has 5 N–H and O–H groups in total. The smallest absolute Gasteiger partial charge is 0.239 e. The van der Waals surface area contributed by atoms with E-state index >= 15 is 0 Å². The number of unbranched alkanes of at least 4 members (excludes halogenated alkanes) is 1. The Labute approximate surface area is 95.4 Å². The molecule has 0 radical (unpaired) electrons. The van der Waals surface area contributed by atoms with E-state index in [1.54, 1.807) is 0 Å². The maximum absolute atomic E-state index is 11.2. The zero-order valence-corrected chi connectivity index (χ0v) is 9.63. The van der Waals surface area contributed by atoms with Crippen LogP contribution in [0.5, 0.6) is 0 Å². The van der Waals surface area contributed by atoms with Gasteiger partial charge in [-0.1, -0.05) is 0 Å². The Kier molecular flexibility index (Phi) is 8.12. The van der Waals surface area contributed by atoms with Gasteiger partial charge in [-0.3, -0.25) is 9.59 Å². The summed E-state index contributed by atoms with van der Waals surface area (Å²) in [7, 11) is 0. The fourth-order valence-corrected chi connectivity index (χ4v) is 1.35. The van der Waals surface area contributed by atoms with Gasteiger partial charge in [-0.25, -0.2) is 0 Å². The molecule has 0 aromatic heterocycles. The Hall–Kier alpha value is -0.750. The molecular formula is C9H19N3O2S. The summed E-state index contributed by atoms with van der Waals surface area (Å²) in [6.45, 7) is 0.579. The zero-order valence-electron chi connectivity index (χ0n) is 8.74. The second kappa shape index (κ2) is 8.55. The third-order valence-corrected chi connectivity index (χ3v) is 2.19. The van der Waals surface area contributed by atoms with E-state index in [0.717, 1.165) is 12.8 Å². The normalized spacial score (nSPS) is 12.1. The summed E-state index contributed by atoms with van der Waals surface area (Å²) in [6, 6.07) is -0.580. The second-order valence-electron chi connectivity index (χ2n) is 3.28. The zero-order chi connectivity index (χ0) is 11.7. The molecule has 0 heterocycles. The Bertz CT molecular complexity index is 212. The van der Waals surface area contributed by atoms with Crippen LogP contribution in [-0.2, 0) is 9.59 Å². The molecule has 0 spiro atoms. The highest BCUT2D eigenvalue weighted by Gasteiger charge is 2.16. The molecule has 0 aliphatic heterocycles. The lowest BCUT2D eigenvalue weighted by molar-refractivity contribution is -0.127. The average Bonchev–Trinajstić information content (AvgIpc) is 2.16. The second-order valence-corrected chi connectivity index (χ2v) is 3.73. The van der Waals surface area contributed by atoms with Crippen LogP contribution in [0, 0.1) is 0 Å². The summed E-state index contributed by atoms with van der Waals surface area (Å²) in [5.74, 6) is -0.235. The molecule has 15 heavy (non-hydrogen) atoms. The number of carbonyl (C=O) groups is 2. The number of carbonyl (C=O) groups excluding carboxylic acids is 2. The van der Waals surface area contributed by atoms with Crippen LogP contribution < -0.4 is 16.8 Å². The molecule has 2 amide bonds. The van der Waals surface area contributed by atoms with E-state index < -0.39 is 11.9 Å². The number of amides is 2. The standard InChI is InChI=1S/C9H19N3O2S/c10-5-2-1-3-7(9(11)14)12-8(13)4-6-15/h7,15H,1-6,10H2,(H2,11,14)(H,12,13)/t7-/m0/s1. The van der Waals surface area contributed by atoms with Crippen LogP contribution in [0.3, 0.4) is 0 Å². The lowest BCUT2D eigenvalue weighted by Gasteiger charge is -2.14. The van der Waals surface area contributed by atoms with Crippen molar-refractivity contribution in [1.82, 2.24) is 5.32 Å². The Balaban J connectivity index is 3.93. The van der Waals surface area contributed by atoms with Gasteiger partial charge in [-0.2, -0.15) is 12.6 Å². The van der Waals surface area contributed by atoms with Crippen LogP contribution in [0.2, 0.25) is 0 Å². The van der Waals surface area contributed by atoms with Crippen LogP contribution >= 0.6 is 12.6 Å². The predicted molar refractivity (Wildman–Crippen MR) is 62.5 cm³/mol. The highest BCUT2D eigenvalue weighted by atomic mass is 32.1. The first kappa shape index (κ1) is 14.2. The van der Waals surface area contributed by atoms with Gasteiger partial charge < -0.3 is 16.8 Å². The molecule has 0 saturated carbocycles. The molecular weight excluding hydrogens is 214 g/mol. The van der Waals surface area contributed by atoms with E-state index in [9.17, 15) is 9.59 Å². The monoisotopic (exact) mass is 233 g/mol. The molecule has 6 heteroatoms. The van der Waals surface area contributed by atoms with Crippen LogP contribution in [0.15, 0.2) is 0 Å². The van der Waals surface area contributed by atoms with Gasteiger partial charge in [0.05, 0.1) is 0 Å². The van der Waals surface area contributed by atoms with Gasteiger partial charge in [-0.05, 0) is 31.6 Å². The van der Waals surface area contributed by atoms with Crippen molar-refractivity contribution in [3.8, 4) is 0 Å².